The minimum atomic E-state index is 0.0975. The molecule has 2 atom stereocenters. The predicted octanol–water partition coefficient (Wildman–Crippen LogP) is 0.846. The van der Waals surface area contributed by atoms with Gasteiger partial charge in [-0.1, -0.05) is 0 Å². The highest BCUT2D eigenvalue weighted by Gasteiger charge is 2.30. The van der Waals surface area contributed by atoms with Crippen LogP contribution in [0, 0.1) is 0 Å². The van der Waals surface area contributed by atoms with Crippen molar-refractivity contribution in [2.45, 2.75) is 32.0 Å². The highest BCUT2D eigenvalue weighted by atomic mass is 16.5. The zero-order valence-corrected chi connectivity index (χ0v) is 11.3. The molecule has 5 heteroatoms. The molecule has 0 saturated carbocycles. The molecule has 1 aliphatic heterocycles. The summed E-state index contributed by atoms with van der Waals surface area (Å²) < 4.78 is 5.89. The largest absolute Gasteiger partial charge is 0.374 e. The van der Waals surface area contributed by atoms with Gasteiger partial charge in [0.2, 0.25) is 0 Å². The third-order valence-electron chi connectivity index (χ3n) is 3.44. The molecular formula is C13H22N4O. The maximum Gasteiger partial charge on any atom is 0.0912 e. The molecule has 0 spiro atoms. The third-order valence-corrected chi connectivity index (χ3v) is 3.44. The minimum Gasteiger partial charge on any atom is -0.374 e. The summed E-state index contributed by atoms with van der Waals surface area (Å²) in [5.41, 5.74) is 0.940. The number of aromatic nitrogens is 2. The second-order valence-electron chi connectivity index (χ2n) is 4.89. The van der Waals surface area contributed by atoms with Gasteiger partial charge in [-0.05, 0) is 20.9 Å². The van der Waals surface area contributed by atoms with Gasteiger partial charge >= 0.3 is 0 Å². The minimum absolute atomic E-state index is 0.0975. The number of nitrogens with zero attached hydrogens (tertiary/aromatic N) is 3. The zero-order chi connectivity index (χ0) is 13.0. The van der Waals surface area contributed by atoms with Gasteiger partial charge < -0.3 is 10.1 Å². The van der Waals surface area contributed by atoms with Crippen molar-refractivity contribution in [1.29, 1.82) is 0 Å². The van der Waals surface area contributed by atoms with Crippen LogP contribution in [0.1, 0.15) is 25.6 Å². The van der Waals surface area contributed by atoms with Crippen molar-refractivity contribution in [3.8, 4) is 0 Å². The molecule has 1 saturated heterocycles. The first-order chi connectivity index (χ1) is 8.72. The van der Waals surface area contributed by atoms with Crippen molar-refractivity contribution < 1.29 is 4.74 Å². The number of ether oxygens (including phenoxy) is 1. The molecule has 18 heavy (non-hydrogen) atoms. The molecular weight excluding hydrogens is 228 g/mol. The second-order valence-corrected chi connectivity index (χ2v) is 4.89. The van der Waals surface area contributed by atoms with Crippen LogP contribution in [0.25, 0.3) is 0 Å². The average Bonchev–Trinajstić information content (AvgIpc) is 2.41. The van der Waals surface area contributed by atoms with Crippen LogP contribution in [0.2, 0.25) is 0 Å². The van der Waals surface area contributed by atoms with Gasteiger partial charge in [0.25, 0.3) is 0 Å². The van der Waals surface area contributed by atoms with Crippen molar-refractivity contribution >= 4 is 0 Å². The molecule has 0 bridgehead atoms. The number of nitrogens with one attached hydrogen (secondary N) is 1. The van der Waals surface area contributed by atoms with Crippen molar-refractivity contribution in [3.63, 3.8) is 0 Å². The van der Waals surface area contributed by atoms with Gasteiger partial charge in [0.15, 0.2) is 0 Å². The Hall–Kier alpha value is -1.04. The molecule has 2 rings (SSSR count). The van der Waals surface area contributed by atoms with E-state index < -0.39 is 0 Å². The first-order valence-electron chi connectivity index (χ1n) is 6.51. The van der Waals surface area contributed by atoms with E-state index in [1.807, 2.05) is 7.05 Å². The lowest BCUT2D eigenvalue weighted by Crippen LogP contribution is -2.50. The fraction of sp³-hybridized carbons (Fsp3) is 0.692. The summed E-state index contributed by atoms with van der Waals surface area (Å²) in [7, 11) is 1.94. The number of hydrogen-bond donors (Lipinski definition) is 1. The van der Waals surface area contributed by atoms with Gasteiger partial charge in [-0.25, -0.2) is 0 Å². The summed E-state index contributed by atoms with van der Waals surface area (Å²) in [5, 5.41) is 3.29. The van der Waals surface area contributed by atoms with E-state index in [2.05, 4.69) is 34.0 Å². The lowest BCUT2D eigenvalue weighted by Gasteiger charge is -2.38. The van der Waals surface area contributed by atoms with Crippen LogP contribution in [-0.2, 0) is 4.74 Å². The lowest BCUT2D eigenvalue weighted by atomic mass is 10.1. The quantitative estimate of drug-likeness (QED) is 0.858. The zero-order valence-electron chi connectivity index (χ0n) is 11.3. The van der Waals surface area contributed by atoms with Gasteiger partial charge in [-0.3, -0.25) is 14.9 Å². The van der Waals surface area contributed by atoms with Gasteiger partial charge in [0.1, 0.15) is 0 Å². The van der Waals surface area contributed by atoms with Crippen LogP contribution in [0.5, 0.6) is 0 Å². The van der Waals surface area contributed by atoms with Crippen molar-refractivity contribution in [1.82, 2.24) is 20.2 Å². The smallest absolute Gasteiger partial charge is 0.0912 e. The van der Waals surface area contributed by atoms with Crippen LogP contribution in [0.4, 0.5) is 0 Å². The molecule has 5 nitrogen and oxygen atoms in total. The van der Waals surface area contributed by atoms with Crippen molar-refractivity contribution in [2.24, 2.45) is 0 Å². The van der Waals surface area contributed by atoms with E-state index in [0.29, 0.717) is 6.04 Å². The molecule has 0 aliphatic carbocycles. The number of hydrogen-bond acceptors (Lipinski definition) is 5. The first-order valence-corrected chi connectivity index (χ1v) is 6.51. The Kier molecular flexibility index (Phi) is 4.63. The van der Waals surface area contributed by atoms with Crippen molar-refractivity contribution in [3.05, 3.63) is 24.3 Å². The van der Waals surface area contributed by atoms with E-state index >= 15 is 0 Å². The van der Waals surface area contributed by atoms with Gasteiger partial charge in [-0.15, -0.1) is 0 Å². The Morgan fingerprint density at radius 2 is 2.28 bits per heavy atom. The van der Waals surface area contributed by atoms with Crippen LogP contribution < -0.4 is 5.32 Å². The van der Waals surface area contributed by atoms with E-state index in [-0.39, 0.29) is 12.1 Å². The fourth-order valence-electron chi connectivity index (χ4n) is 2.36. The Morgan fingerprint density at radius 3 is 2.89 bits per heavy atom. The molecule has 1 aromatic heterocycles. The summed E-state index contributed by atoms with van der Waals surface area (Å²) in [4.78, 5) is 10.9. The first kappa shape index (κ1) is 13.4. The van der Waals surface area contributed by atoms with E-state index in [1.165, 1.54) is 0 Å². The molecule has 1 aliphatic rings. The van der Waals surface area contributed by atoms with E-state index in [1.54, 1.807) is 18.6 Å². The van der Waals surface area contributed by atoms with Crippen LogP contribution in [0.3, 0.4) is 0 Å². The monoisotopic (exact) mass is 250 g/mol. The summed E-state index contributed by atoms with van der Waals surface area (Å²) in [6, 6.07) is 0.649. The number of likely N-dealkylation sites (N-methyl/N-ethyl adjacent to an activating group) is 1. The standard InChI is InChI=1S/C13H22N4O/c1-10(2)17-6-7-18-12(9-17)13(14-3)11-8-15-4-5-16-11/h4-5,8,10,12-14H,6-7,9H2,1-3H3. The molecule has 0 aromatic carbocycles. The normalized spacial score (nSPS) is 23.2. The van der Waals surface area contributed by atoms with E-state index in [4.69, 9.17) is 4.74 Å². The maximum absolute atomic E-state index is 5.89. The van der Waals surface area contributed by atoms with Gasteiger partial charge in [0, 0.05) is 31.5 Å². The Bertz CT molecular complexity index is 357. The highest BCUT2D eigenvalue weighted by molar-refractivity contribution is 5.05. The van der Waals surface area contributed by atoms with Crippen LogP contribution in [0.15, 0.2) is 18.6 Å². The van der Waals surface area contributed by atoms with Gasteiger partial charge in [-0.2, -0.15) is 0 Å². The fourth-order valence-corrected chi connectivity index (χ4v) is 2.36. The molecule has 1 aromatic rings. The molecule has 1 fully saturated rings. The summed E-state index contributed by atoms with van der Waals surface area (Å²) in [5.74, 6) is 0. The molecule has 2 heterocycles. The Balaban J connectivity index is 2.08. The summed E-state index contributed by atoms with van der Waals surface area (Å²) in [6.07, 6.45) is 5.35. The third kappa shape index (κ3) is 3.04. The van der Waals surface area contributed by atoms with Crippen LogP contribution in [-0.4, -0.2) is 53.8 Å². The highest BCUT2D eigenvalue weighted by Crippen LogP contribution is 2.21. The molecule has 0 radical (unpaired) electrons. The summed E-state index contributed by atoms with van der Waals surface area (Å²) in [6.45, 7) is 7.16. The van der Waals surface area contributed by atoms with Crippen molar-refractivity contribution in [2.75, 3.05) is 26.7 Å². The average molecular weight is 250 g/mol. The predicted molar refractivity (Wildman–Crippen MR) is 70.3 cm³/mol. The summed E-state index contributed by atoms with van der Waals surface area (Å²) >= 11 is 0. The van der Waals surface area contributed by atoms with E-state index in [0.717, 1.165) is 25.4 Å². The van der Waals surface area contributed by atoms with E-state index in [9.17, 15) is 0 Å². The van der Waals surface area contributed by atoms with Gasteiger partial charge in [0.05, 0.1) is 30.6 Å². The Morgan fingerprint density at radius 1 is 1.44 bits per heavy atom. The second kappa shape index (κ2) is 6.22. The molecule has 100 valence electrons. The molecule has 2 unspecified atom stereocenters. The maximum atomic E-state index is 5.89. The number of rotatable bonds is 4. The molecule has 1 N–H and O–H groups in total. The number of morpholine rings is 1. The lowest BCUT2D eigenvalue weighted by molar-refractivity contribution is -0.0556. The molecule has 0 amide bonds. The topological polar surface area (TPSA) is 50.3 Å². The van der Waals surface area contributed by atoms with Crippen LogP contribution >= 0.6 is 0 Å². The Labute approximate surface area is 109 Å². The SMILES string of the molecule is CNC(c1cnccn1)C1CN(C(C)C)CCO1.